The van der Waals surface area contributed by atoms with Gasteiger partial charge in [0, 0.05) is 31.7 Å². The molecule has 0 N–H and O–H groups in total. The lowest BCUT2D eigenvalue weighted by molar-refractivity contribution is -0.145. The van der Waals surface area contributed by atoms with Gasteiger partial charge in [0.15, 0.2) is 5.69 Å². The van der Waals surface area contributed by atoms with Gasteiger partial charge in [-0.2, -0.15) is 31.4 Å². The van der Waals surface area contributed by atoms with E-state index in [1.54, 1.807) is 0 Å². The second-order valence-corrected chi connectivity index (χ2v) is 7.62. The quantitative estimate of drug-likeness (QED) is 0.470. The van der Waals surface area contributed by atoms with Gasteiger partial charge in [-0.1, -0.05) is 0 Å². The number of benzene rings is 1. The van der Waals surface area contributed by atoms with Crippen molar-refractivity contribution in [3.8, 4) is 5.69 Å². The Bertz CT molecular complexity index is 1020. The van der Waals surface area contributed by atoms with Gasteiger partial charge in [-0.3, -0.25) is 9.69 Å². The predicted molar refractivity (Wildman–Crippen MR) is 108 cm³/mol. The smallest absolute Gasteiger partial charge is 0.434 e. The maximum atomic E-state index is 13.6. The summed E-state index contributed by atoms with van der Waals surface area (Å²) in [7, 11) is 0. The minimum Gasteiger partial charge on any atom is -0.462 e. The molecule has 2 heterocycles. The molecule has 13 heteroatoms. The van der Waals surface area contributed by atoms with Crippen molar-refractivity contribution in [3.05, 3.63) is 47.3 Å². The molecule has 3 rings (SSSR count). The van der Waals surface area contributed by atoms with E-state index in [0.717, 1.165) is 6.20 Å². The average Bonchev–Trinajstić information content (AvgIpc) is 3.09. The molecule has 1 saturated heterocycles. The third-order valence-corrected chi connectivity index (χ3v) is 5.17. The molecule has 0 bridgehead atoms. The van der Waals surface area contributed by atoms with Crippen LogP contribution in [0.5, 0.6) is 0 Å². The molecule has 7 nitrogen and oxygen atoms in total. The van der Waals surface area contributed by atoms with Gasteiger partial charge in [0.05, 0.1) is 25.0 Å². The Labute approximate surface area is 190 Å². The molecule has 1 aliphatic heterocycles. The minimum absolute atomic E-state index is 0.0355. The first-order valence-electron chi connectivity index (χ1n) is 10.4. The molecule has 2 aromatic rings. The maximum Gasteiger partial charge on any atom is 0.434 e. The zero-order valence-corrected chi connectivity index (χ0v) is 18.1. The molecule has 0 radical (unpaired) electrons. The number of rotatable bonds is 5. The molecule has 1 aromatic carbocycles. The molecule has 1 amide bonds. The number of hydrogen-bond donors (Lipinski definition) is 0. The monoisotopic (exact) mass is 492 g/mol. The highest BCUT2D eigenvalue weighted by molar-refractivity contribution is 5.94. The molecule has 0 unspecified atom stereocenters. The first-order chi connectivity index (χ1) is 15.9. The van der Waals surface area contributed by atoms with Crippen LogP contribution in [0.15, 0.2) is 30.5 Å². The van der Waals surface area contributed by atoms with Crippen molar-refractivity contribution in [2.45, 2.75) is 25.7 Å². The Kier molecular flexibility index (Phi) is 7.54. The van der Waals surface area contributed by atoms with Crippen molar-refractivity contribution >= 4 is 11.9 Å². The van der Waals surface area contributed by atoms with E-state index in [0.29, 0.717) is 11.1 Å². The second kappa shape index (κ2) is 10.0. The van der Waals surface area contributed by atoms with Gasteiger partial charge in [0.2, 0.25) is 0 Å². The van der Waals surface area contributed by atoms with E-state index in [9.17, 15) is 35.9 Å². The maximum absolute atomic E-state index is 13.6. The lowest BCUT2D eigenvalue weighted by Crippen LogP contribution is -2.38. The van der Waals surface area contributed by atoms with Crippen LogP contribution in [0.1, 0.15) is 39.8 Å². The van der Waals surface area contributed by atoms with Gasteiger partial charge in [0.1, 0.15) is 5.56 Å². The zero-order valence-electron chi connectivity index (χ0n) is 18.1. The number of carbonyl (C=O) groups excluding carboxylic acids is 2. The van der Waals surface area contributed by atoms with E-state index in [-0.39, 0.29) is 44.0 Å². The van der Waals surface area contributed by atoms with E-state index in [1.165, 1.54) is 41.0 Å². The Morgan fingerprint density at radius 3 is 2.26 bits per heavy atom. The summed E-state index contributed by atoms with van der Waals surface area (Å²) < 4.78 is 84.1. The van der Waals surface area contributed by atoms with E-state index in [4.69, 9.17) is 0 Å². The number of hydrogen-bond acceptors (Lipinski definition) is 5. The summed E-state index contributed by atoms with van der Waals surface area (Å²) in [5.74, 6) is -1.60. The fourth-order valence-corrected chi connectivity index (χ4v) is 3.69. The molecule has 186 valence electrons. The Hall–Kier alpha value is -3.09. The summed E-state index contributed by atoms with van der Waals surface area (Å²) in [6, 6.07) is 5.11. The molecule has 0 atom stereocenters. The standard InChI is InChI=1S/C21H22F6N4O3/c1-2-34-19(33)16-12-28-31(17(16)21(25,26)27)15-6-4-14(5-7-15)18(32)30-9-3-8-29(10-11-30)13-20(22,23)24/h4-7,12H,2-3,8-11,13H2,1H3. The number of halogens is 6. The molecule has 0 aliphatic carbocycles. The molecule has 0 saturated carbocycles. The molecule has 34 heavy (non-hydrogen) atoms. The summed E-state index contributed by atoms with van der Waals surface area (Å²) in [5, 5.41) is 3.67. The Balaban J connectivity index is 1.78. The molecule has 1 aromatic heterocycles. The van der Waals surface area contributed by atoms with Gasteiger partial charge < -0.3 is 9.64 Å². The highest BCUT2D eigenvalue weighted by atomic mass is 19.4. The fourth-order valence-electron chi connectivity index (χ4n) is 3.69. The largest absolute Gasteiger partial charge is 0.462 e. The van der Waals surface area contributed by atoms with Crippen LogP contribution in [0.3, 0.4) is 0 Å². The van der Waals surface area contributed by atoms with Gasteiger partial charge in [0.25, 0.3) is 5.91 Å². The molecule has 0 spiro atoms. The fraction of sp³-hybridized carbons (Fsp3) is 0.476. The first-order valence-corrected chi connectivity index (χ1v) is 10.4. The summed E-state index contributed by atoms with van der Waals surface area (Å²) in [6.45, 7) is 0.911. The number of alkyl halides is 6. The molecule has 1 fully saturated rings. The minimum atomic E-state index is -4.90. The van der Waals surface area contributed by atoms with E-state index in [1.807, 2.05) is 0 Å². The van der Waals surface area contributed by atoms with Gasteiger partial charge in [-0.05, 0) is 37.6 Å². The van der Waals surface area contributed by atoms with Crippen molar-refractivity contribution in [1.29, 1.82) is 0 Å². The van der Waals surface area contributed by atoms with E-state index >= 15 is 0 Å². The van der Waals surface area contributed by atoms with E-state index < -0.39 is 42.0 Å². The van der Waals surface area contributed by atoms with Crippen molar-refractivity contribution in [2.24, 2.45) is 0 Å². The molecular formula is C21H22F6N4O3. The van der Waals surface area contributed by atoms with Crippen molar-refractivity contribution in [1.82, 2.24) is 19.6 Å². The topological polar surface area (TPSA) is 67.7 Å². The van der Waals surface area contributed by atoms with Crippen molar-refractivity contribution in [3.63, 3.8) is 0 Å². The lowest BCUT2D eigenvalue weighted by Gasteiger charge is -2.23. The van der Waals surface area contributed by atoms with Crippen molar-refractivity contribution < 1.29 is 40.7 Å². The number of amides is 1. The lowest BCUT2D eigenvalue weighted by atomic mass is 10.1. The van der Waals surface area contributed by atoms with Crippen LogP contribution in [0.2, 0.25) is 0 Å². The van der Waals surface area contributed by atoms with Gasteiger partial charge in [-0.25, -0.2) is 9.48 Å². The number of aromatic nitrogens is 2. The molecule has 1 aliphatic rings. The highest BCUT2D eigenvalue weighted by Gasteiger charge is 2.41. The van der Waals surface area contributed by atoms with Crippen LogP contribution in [0.25, 0.3) is 5.69 Å². The summed E-state index contributed by atoms with van der Waals surface area (Å²) in [4.78, 5) is 27.4. The SMILES string of the molecule is CCOC(=O)c1cnn(-c2ccc(C(=O)N3CCCN(CC(F)(F)F)CC3)cc2)c1C(F)(F)F. The zero-order chi connectivity index (χ0) is 25.1. The third kappa shape index (κ3) is 6.07. The van der Waals surface area contributed by atoms with E-state index in [2.05, 4.69) is 9.84 Å². The Morgan fingerprint density at radius 1 is 1.00 bits per heavy atom. The number of nitrogens with zero attached hydrogens (tertiary/aromatic N) is 4. The first kappa shape index (κ1) is 25.5. The third-order valence-electron chi connectivity index (χ3n) is 5.17. The normalized spacial score (nSPS) is 15.8. The van der Waals surface area contributed by atoms with Crippen LogP contribution in [-0.2, 0) is 10.9 Å². The number of carbonyl (C=O) groups is 2. The average molecular weight is 492 g/mol. The molecular weight excluding hydrogens is 470 g/mol. The van der Waals surface area contributed by atoms with Crippen LogP contribution < -0.4 is 0 Å². The highest BCUT2D eigenvalue weighted by Crippen LogP contribution is 2.34. The van der Waals surface area contributed by atoms with Crippen LogP contribution in [0.4, 0.5) is 26.3 Å². The Morgan fingerprint density at radius 2 is 1.68 bits per heavy atom. The second-order valence-electron chi connectivity index (χ2n) is 7.62. The predicted octanol–water partition coefficient (Wildman–Crippen LogP) is 3.78. The summed E-state index contributed by atoms with van der Waals surface area (Å²) >= 11 is 0. The number of esters is 1. The van der Waals surface area contributed by atoms with Gasteiger partial charge in [-0.15, -0.1) is 0 Å². The van der Waals surface area contributed by atoms with Crippen molar-refractivity contribution in [2.75, 3.05) is 39.3 Å². The van der Waals surface area contributed by atoms with Crippen LogP contribution >= 0.6 is 0 Å². The van der Waals surface area contributed by atoms with Gasteiger partial charge >= 0.3 is 18.3 Å². The summed E-state index contributed by atoms with van der Waals surface area (Å²) in [6.07, 6.45) is -8.10. The summed E-state index contributed by atoms with van der Waals surface area (Å²) in [5.41, 5.74) is -1.91. The van der Waals surface area contributed by atoms with Crippen LogP contribution in [-0.4, -0.2) is 77.0 Å². The number of ether oxygens (including phenoxy) is 1. The van der Waals surface area contributed by atoms with Crippen LogP contribution in [0, 0.1) is 0 Å².